The van der Waals surface area contributed by atoms with Crippen LogP contribution in [0.5, 0.6) is 0 Å². The number of carbonyl (C=O) groups excluding carboxylic acids is 2. The van der Waals surface area contributed by atoms with E-state index in [1.54, 1.807) is 9.80 Å². The van der Waals surface area contributed by atoms with Gasteiger partial charge in [0.2, 0.25) is 0 Å². The van der Waals surface area contributed by atoms with Crippen LogP contribution in [-0.2, 0) is 9.59 Å². The molecule has 30 heavy (non-hydrogen) atoms. The van der Waals surface area contributed by atoms with Crippen molar-refractivity contribution in [1.82, 2.24) is 9.80 Å². The van der Waals surface area contributed by atoms with Gasteiger partial charge in [-0.1, -0.05) is 109 Å². The first-order valence-electron chi connectivity index (χ1n) is 9.35. The lowest BCUT2D eigenvalue weighted by Crippen LogP contribution is -2.32. The Bertz CT molecular complexity index is 984. The highest BCUT2D eigenvalue weighted by Crippen LogP contribution is 2.46. The van der Waals surface area contributed by atoms with Crippen LogP contribution >= 0.6 is 48.0 Å². The van der Waals surface area contributed by atoms with Gasteiger partial charge in [-0.05, 0) is 25.0 Å². The third-order valence-electron chi connectivity index (χ3n) is 5.14. The topological polar surface area (TPSA) is 40.6 Å². The van der Waals surface area contributed by atoms with Gasteiger partial charge in [-0.15, -0.1) is 0 Å². The van der Waals surface area contributed by atoms with E-state index in [-0.39, 0.29) is 23.9 Å². The molecule has 0 N–H and O–H groups in total. The molecule has 2 amide bonds. The summed E-state index contributed by atoms with van der Waals surface area (Å²) in [4.78, 5) is 30.4. The van der Waals surface area contributed by atoms with E-state index >= 15 is 0 Å². The zero-order valence-corrected chi connectivity index (χ0v) is 19.5. The molecule has 8 heteroatoms. The molecule has 2 atom stereocenters. The van der Waals surface area contributed by atoms with Crippen LogP contribution in [0, 0.1) is 0 Å². The van der Waals surface area contributed by atoms with Crippen molar-refractivity contribution in [2.75, 3.05) is 0 Å². The predicted molar refractivity (Wildman–Crippen MR) is 131 cm³/mol. The summed E-state index contributed by atoms with van der Waals surface area (Å²) in [6.07, 6.45) is 0. The first kappa shape index (κ1) is 21.2. The normalized spacial score (nSPS) is 21.5. The number of rotatable bonds is 4. The molecule has 0 saturated carbocycles. The third kappa shape index (κ3) is 3.73. The molecule has 4 nitrogen and oxygen atoms in total. The minimum atomic E-state index is -0.241. The van der Waals surface area contributed by atoms with Gasteiger partial charge in [-0.3, -0.25) is 19.4 Å². The summed E-state index contributed by atoms with van der Waals surface area (Å²) in [5.41, 5.74) is 1.97. The van der Waals surface area contributed by atoms with Gasteiger partial charge in [0.1, 0.15) is 8.64 Å². The minimum Gasteiger partial charge on any atom is -0.286 e. The van der Waals surface area contributed by atoms with Gasteiger partial charge < -0.3 is 0 Å². The number of hydrogen-bond acceptors (Lipinski definition) is 6. The van der Waals surface area contributed by atoms with Gasteiger partial charge in [-0.25, -0.2) is 0 Å². The highest BCUT2D eigenvalue weighted by Gasteiger charge is 2.44. The molecule has 0 radical (unpaired) electrons. The monoisotopic (exact) mass is 470 g/mol. The lowest BCUT2D eigenvalue weighted by Gasteiger charge is -2.24. The standard InChI is InChI=1S/C22H18N2O2S4/c1-13(15-9-5-3-6-10-15)23-19(25)17(29-21(23)27)18-20(26)24(22(28)30-18)14(2)16-11-7-4-8-12-16/h3-14H,1-2H3/b18-17+. The molecular formula is C22H18N2O2S4. The van der Waals surface area contributed by atoms with Crippen molar-refractivity contribution in [3.8, 4) is 0 Å². The Morgan fingerprint density at radius 3 is 1.33 bits per heavy atom. The minimum absolute atomic E-state index is 0.218. The predicted octanol–water partition coefficient (Wildman–Crippen LogP) is 5.44. The fraction of sp³-hybridized carbons (Fsp3) is 0.182. The van der Waals surface area contributed by atoms with E-state index in [0.29, 0.717) is 18.5 Å². The highest BCUT2D eigenvalue weighted by atomic mass is 32.2. The van der Waals surface area contributed by atoms with Crippen molar-refractivity contribution in [2.24, 2.45) is 0 Å². The van der Waals surface area contributed by atoms with Crippen molar-refractivity contribution in [1.29, 1.82) is 0 Å². The molecule has 2 saturated heterocycles. The van der Waals surface area contributed by atoms with E-state index in [9.17, 15) is 9.59 Å². The quantitative estimate of drug-likeness (QED) is 0.438. The summed E-state index contributed by atoms with van der Waals surface area (Å²) in [7, 11) is 0. The Hall–Kier alpha value is -2.00. The lowest BCUT2D eigenvalue weighted by atomic mass is 10.1. The first-order chi connectivity index (χ1) is 14.4. The largest absolute Gasteiger partial charge is 0.286 e. The van der Waals surface area contributed by atoms with Crippen LogP contribution in [-0.4, -0.2) is 30.3 Å². The number of nitrogens with zero attached hydrogens (tertiary/aromatic N) is 2. The summed E-state index contributed by atoms with van der Waals surface area (Å²) in [6.45, 7) is 3.87. The maximum atomic E-state index is 13.2. The van der Waals surface area contributed by atoms with E-state index < -0.39 is 0 Å². The first-order valence-corrected chi connectivity index (χ1v) is 11.8. The maximum absolute atomic E-state index is 13.2. The fourth-order valence-electron chi connectivity index (χ4n) is 3.46. The van der Waals surface area contributed by atoms with Gasteiger partial charge in [-0.2, -0.15) is 0 Å². The van der Waals surface area contributed by atoms with Crippen LogP contribution in [0.4, 0.5) is 0 Å². The van der Waals surface area contributed by atoms with Crippen LogP contribution in [0.25, 0.3) is 0 Å². The van der Waals surface area contributed by atoms with Crippen LogP contribution in [0.15, 0.2) is 70.5 Å². The van der Waals surface area contributed by atoms with E-state index in [4.69, 9.17) is 24.4 Å². The summed E-state index contributed by atoms with van der Waals surface area (Å²) in [5.74, 6) is -0.483. The molecule has 152 valence electrons. The molecule has 2 aromatic carbocycles. The van der Waals surface area contributed by atoms with Crippen molar-refractivity contribution in [2.45, 2.75) is 25.9 Å². The Morgan fingerprint density at radius 1 is 0.667 bits per heavy atom. The summed E-state index contributed by atoms with van der Waals surface area (Å²) in [6, 6.07) is 19.0. The second-order valence-electron chi connectivity index (χ2n) is 6.92. The Labute approximate surface area is 194 Å². The zero-order valence-electron chi connectivity index (χ0n) is 16.3. The van der Waals surface area contributed by atoms with E-state index in [1.807, 2.05) is 74.5 Å². The van der Waals surface area contributed by atoms with Gasteiger partial charge in [0.05, 0.1) is 21.9 Å². The molecule has 2 aromatic rings. The molecule has 0 bridgehead atoms. The van der Waals surface area contributed by atoms with Gasteiger partial charge >= 0.3 is 0 Å². The number of carbonyl (C=O) groups is 2. The molecular weight excluding hydrogens is 453 g/mol. The molecule has 2 aliphatic rings. The Morgan fingerprint density at radius 2 is 1.00 bits per heavy atom. The van der Waals surface area contributed by atoms with Crippen molar-refractivity contribution in [3.63, 3.8) is 0 Å². The number of thioether (sulfide) groups is 2. The van der Waals surface area contributed by atoms with Gasteiger partial charge in [0.25, 0.3) is 11.8 Å². The average molecular weight is 471 g/mol. The summed E-state index contributed by atoms with van der Waals surface area (Å²) >= 11 is 13.4. The second kappa shape index (κ2) is 8.63. The smallest absolute Gasteiger partial charge is 0.268 e. The number of thiocarbonyl (C=S) groups is 2. The molecule has 4 rings (SSSR count). The Balaban J connectivity index is 1.64. The second-order valence-corrected chi connectivity index (χ2v) is 10.2. The molecule has 0 spiro atoms. The van der Waals surface area contributed by atoms with Gasteiger partial charge in [0.15, 0.2) is 0 Å². The number of hydrogen-bond donors (Lipinski definition) is 0. The van der Waals surface area contributed by atoms with Crippen molar-refractivity contribution >= 4 is 68.4 Å². The lowest BCUT2D eigenvalue weighted by molar-refractivity contribution is -0.126. The molecule has 2 aliphatic heterocycles. The summed E-state index contributed by atoms with van der Waals surface area (Å²) < 4.78 is 0.903. The van der Waals surface area contributed by atoms with Crippen LogP contribution < -0.4 is 0 Å². The van der Waals surface area contributed by atoms with Crippen LogP contribution in [0.3, 0.4) is 0 Å². The van der Waals surface area contributed by atoms with Crippen molar-refractivity contribution < 1.29 is 9.59 Å². The SMILES string of the molecule is CC(c1ccccc1)N1C(=O)/C(=C2\SC(=S)N(C(C)c3ccccc3)C2=O)SC1=S. The molecule has 0 aromatic heterocycles. The highest BCUT2D eigenvalue weighted by molar-refractivity contribution is 8.29. The van der Waals surface area contributed by atoms with E-state index in [2.05, 4.69) is 0 Å². The maximum Gasteiger partial charge on any atom is 0.268 e. The van der Waals surface area contributed by atoms with E-state index in [1.165, 1.54) is 23.5 Å². The summed E-state index contributed by atoms with van der Waals surface area (Å²) in [5, 5.41) is 0. The number of benzene rings is 2. The van der Waals surface area contributed by atoms with Crippen LogP contribution in [0.2, 0.25) is 0 Å². The van der Waals surface area contributed by atoms with Crippen LogP contribution in [0.1, 0.15) is 37.1 Å². The van der Waals surface area contributed by atoms with Crippen molar-refractivity contribution in [3.05, 3.63) is 81.6 Å². The molecule has 2 unspecified atom stereocenters. The molecule has 0 aliphatic carbocycles. The molecule has 2 heterocycles. The zero-order chi connectivity index (χ0) is 21.4. The molecule has 2 fully saturated rings. The fourth-order valence-corrected chi connectivity index (χ4v) is 6.45. The van der Waals surface area contributed by atoms with Gasteiger partial charge in [0, 0.05) is 0 Å². The van der Waals surface area contributed by atoms with E-state index in [0.717, 1.165) is 11.1 Å². The average Bonchev–Trinajstić information content (AvgIpc) is 3.22. The third-order valence-corrected chi connectivity index (χ3v) is 8.07. The number of amides is 2. The Kier molecular flexibility index (Phi) is 6.11.